The molecule has 0 aromatic rings. The first-order chi connectivity index (χ1) is 8.89. The second kappa shape index (κ2) is 4.47. The number of carbonyl (C=O) groups excluding carboxylic acids is 1. The first kappa shape index (κ1) is 13.4. The summed E-state index contributed by atoms with van der Waals surface area (Å²) in [5.41, 5.74) is 0.510. The molecule has 0 aromatic heterocycles. The van der Waals surface area contributed by atoms with Gasteiger partial charge < -0.3 is 9.80 Å². The van der Waals surface area contributed by atoms with Crippen molar-refractivity contribution >= 4 is 5.91 Å². The van der Waals surface area contributed by atoms with Crippen molar-refractivity contribution in [3.05, 3.63) is 0 Å². The molecule has 3 heteroatoms. The number of carbonyl (C=O) groups is 1. The summed E-state index contributed by atoms with van der Waals surface area (Å²) in [4.78, 5) is 17.2. The van der Waals surface area contributed by atoms with Gasteiger partial charge in [-0.2, -0.15) is 0 Å². The molecule has 19 heavy (non-hydrogen) atoms. The van der Waals surface area contributed by atoms with Crippen LogP contribution in [0.4, 0.5) is 0 Å². The minimum Gasteiger partial charge on any atom is -0.342 e. The molecule has 108 valence electrons. The number of fused-ring (bicyclic) bond motifs is 1. The van der Waals surface area contributed by atoms with E-state index in [0.29, 0.717) is 17.2 Å². The number of hydrogen-bond acceptors (Lipinski definition) is 2. The first-order valence-electron chi connectivity index (χ1n) is 7.90. The Kier molecular flexibility index (Phi) is 3.16. The summed E-state index contributed by atoms with van der Waals surface area (Å²) in [7, 11) is 0. The van der Waals surface area contributed by atoms with Crippen LogP contribution in [0.5, 0.6) is 0 Å². The minimum absolute atomic E-state index is 0.277. The minimum atomic E-state index is 0.277. The average molecular weight is 264 g/mol. The van der Waals surface area contributed by atoms with Gasteiger partial charge >= 0.3 is 0 Å². The summed E-state index contributed by atoms with van der Waals surface area (Å²) in [6.45, 7) is 14.5. The smallest absolute Gasteiger partial charge is 0.227 e. The van der Waals surface area contributed by atoms with E-state index in [1.807, 2.05) is 0 Å². The zero-order valence-electron chi connectivity index (χ0n) is 12.9. The third-order valence-electron chi connectivity index (χ3n) is 5.68. The second-order valence-electron chi connectivity index (χ2n) is 7.92. The van der Waals surface area contributed by atoms with Crippen molar-refractivity contribution in [1.82, 2.24) is 9.80 Å². The highest BCUT2D eigenvalue weighted by Gasteiger charge is 2.62. The summed E-state index contributed by atoms with van der Waals surface area (Å²) in [6.07, 6.45) is 1.07. The molecule has 2 heterocycles. The van der Waals surface area contributed by atoms with Crippen LogP contribution < -0.4 is 0 Å². The van der Waals surface area contributed by atoms with Crippen molar-refractivity contribution in [2.24, 2.45) is 29.1 Å². The molecule has 3 aliphatic rings. The summed E-state index contributed by atoms with van der Waals surface area (Å²) in [5.74, 6) is 2.98. The molecule has 3 atom stereocenters. The van der Waals surface area contributed by atoms with Gasteiger partial charge in [-0.1, -0.05) is 27.7 Å². The van der Waals surface area contributed by atoms with E-state index in [1.165, 1.54) is 0 Å². The lowest BCUT2D eigenvalue weighted by molar-refractivity contribution is -0.134. The Balaban J connectivity index is 1.50. The van der Waals surface area contributed by atoms with E-state index in [-0.39, 0.29) is 5.92 Å². The molecule has 3 nitrogen and oxygen atoms in total. The van der Waals surface area contributed by atoms with Crippen LogP contribution >= 0.6 is 0 Å². The van der Waals surface area contributed by atoms with Crippen LogP contribution in [0.25, 0.3) is 0 Å². The van der Waals surface area contributed by atoms with Gasteiger partial charge in [0.05, 0.1) is 5.92 Å². The lowest BCUT2D eigenvalue weighted by Gasteiger charge is -2.25. The van der Waals surface area contributed by atoms with Crippen LogP contribution in [0.1, 0.15) is 34.1 Å². The highest BCUT2D eigenvalue weighted by molar-refractivity contribution is 5.80. The largest absolute Gasteiger partial charge is 0.342 e. The van der Waals surface area contributed by atoms with Gasteiger partial charge in [-0.25, -0.2) is 0 Å². The molecule has 1 aliphatic carbocycles. The van der Waals surface area contributed by atoms with Crippen LogP contribution in [0.2, 0.25) is 0 Å². The van der Waals surface area contributed by atoms with Crippen LogP contribution in [-0.2, 0) is 4.79 Å². The lowest BCUT2D eigenvalue weighted by Crippen LogP contribution is -2.38. The van der Waals surface area contributed by atoms with E-state index in [1.54, 1.807) is 0 Å². The Hall–Kier alpha value is -0.570. The van der Waals surface area contributed by atoms with Gasteiger partial charge in [0.2, 0.25) is 5.91 Å². The number of piperidine rings is 1. The van der Waals surface area contributed by atoms with Crippen molar-refractivity contribution in [3.8, 4) is 0 Å². The fourth-order valence-electron chi connectivity index (χ4n) is 4.29. The number of rotatable bonds is 3. The molecular formula is C16H28N2O. The van der Waals surface area contributed by atoms with Gasteiger partial charge in [0.15, 0.2) is 0 Å². The van der Waals surface area contributed by atoms with E-state index in [0.717, 1.165) is 51.0 Å². The van der Waals surface area contributed by atoms with Gasteiger partial charge in [-0.05, 0) is 36.1 Å². The summed E-state index contributed by atoms with van der Waals surface area (Å²) < 4.78 is 0. The molecule has 0 radical (unpaired) electrons. The predicted molar refractivity (Wildman–Crippen MR) is 76.7 cm³/mol. The molecule has 1 amide bonds. The van der Waals surface area contributed by atoms with Crippen molar-refractivity contribution in [2.45, 2.75) is 34.1 Å². The van der Waals surface area contributed by atoms with E-state index in [9.17, 15) is 4.79 Å². The number of amides is 1. The van der Waals surface area contributed by atoms with E-state index in [2.05, 4.69) is 37.5 Å². The molecule has 0 spiro atoms. The summed E-state index contributed by atoms with van der Waals surface area (Å²) >= 11 is 0. The maximum atomic E-state index is 12.6. The van der Waals surface area contributed by atoms with Crippen molar-refractivity contribution in [3.63, 3.8) is 0 Å². The molecule has 1 saturated carbocycles. The third kappa shape index (κ3) is 2.31. The van der Waals surface area contributed by atoms with Gasteiger partial charge in [0.1, 0.15) is 0 Å². The average Bonchev–Trinajstić information content (AvgIpc) is 2.81. The highest BCUT2D eigenvalue weighted by atomic mass is 16.2. The predicted octanol–water partition coefficient (Wildman–Crippen LogP) is 2.08. The quantitative estimate of drug-likeness (QED) is 0.779. The molecular weight excluding hydrogens is 236 g/mol. The normalized spacial score (nSPS) is 36.9. The Morgan fingerprint density at radius 1 is 1.21 bits per heavy atom. The topological polar surface area (TPSA) is 23.6 Å². The summed E-state index contributed by atoms with van der Waals surface area (Å²) in [5, 5.41) is 0. The third-order valence-corrected chi connectivity index (χ3v) is 5.68. The Morgan fingerprint density at radius 2 is 1.84 bits per heavy atom. The van der Waals surface area contributed by atoms with Crippen LogP contribution in [0.15, 0.2) is 0 Å². The zero-order chi connectivity index (χ0) is 13.8. The van der Waals surface area contributed by atoms with E-state index in [4.69, 9.17) is 0 Å². The molecule has 3 rings (SSSR count). The second-order valence-corrected chi connectivity index (χ2v) is 7.92. The van der Waals surface area contributed by atoms with Crippen LogP contribution in [0.3, 0.4) is 0 Å². The fraction of sp³-hybridized carbons (Fsp3) is 0.938. The summed E-state index contributed by atoms with van der Waals surface area (Å²) in [6, 6.07) is 0. The maximum Gasteiger partial charge on any atom is 0.227 e. The first-order valence-corrected chi connectivity index (χ1v) is 7.90. The van der Waals surface area contributed by atoms with Crippen molar-refractivity contribution in [2.75, 3.05) is 32.7 Å². The van der Waals surface area contributed by atoms with Gasteiger partial charge in [0, 0.05) is 26.2 Å². The van der Waals surface area contributed by atoms with Gasteiger partial charge in [0.25, 0.3) is 0 Å². The monoisotopic (exact) mass is 264 g/mol. The molecule has 0 N–H and O–H groups in total. The molecule has 0 aromatic carbocycles. The molecule has 3 unspecified atom stereocenters. The lowest BCUT2D eigenvalue weighted by atomic mass is 10.0. The SMILES string of the molecule is CC(C)CN1CCC(C(=O)N2CC3C(C2)C3(C)C)C1. The Bertz CT molecular complexity index is 363. The molecule has 0 bridgehead atoms. The number of nitrogens with zero attached hydrogens (tertiary/aromatic N) is 2. The highest BCUT2D eigenvalue weighted by Crippen LogP contribution is 2.62. The van der Waals surface area contributed by atoms with E-state index >= 15 is 0 Å². The maximum absolute atomic E-state index is 12.6. The number of likely N-dealkylation sites (tertiary alicyclic amines) is 2. The van der Waals surface area contributed by atoms with Crippen LogP contribution in [0, 0.1) is 29.1 Å². The Labute approximate surface area is 117 Å². The molecule has 3 fully saturated rings. The number of hydrogen-bond donors (Lipinski definition) is 0. The van der Waals surface area contributed by atoms with Crippen LogP contribution in [-0.4, -0.2) is 48.4 Å². The van der Waals surface area contributed by atoms with Crippen molar-refractivity contribution in [1.29, 1.82) is 0 Å². The Morgan fingerprint density at radius 3 is 2.42 bits per heavy atom. The van der Waals surface area contributed by atoms with Crippen molar-refractivity contribution < 1.29 is 4.79 Å². The molecule has 2 saturated heterocycles. The molecule has 2 aliphatic heterocycles. The van der Waals surface area contributed by atoms with E-state index < -0.39 is 0 Å². The van der Waals surface area contributed by atoms with Gasteiger partial charge in [-0.3, -0.25) is 4.79 Å². The van der Waals surface area contributed by atoms with Gasteiger partial charge in [-0.15, -0.1) is 0 Å². The zero-order valence-corrected chi connectivity index (χ0v) is 12.9. The standard InChI is InChI=1S/C16H28N2O/c1-11(2)7-17-6-5-12(8-17)15(19)18-9-13-14(10-18)16(13,3)4/h11-14H,5-10H2,1-4H3. The fourth-order valence-corrected chi connectivity index (χ4v) is 4.29.